The summed E-state index contributed by atoms with van der Waals surface area (Å²) >= 11 is 0. The first-order valence-corrected chi connectivity index (χ1v) is 17.1. The van der Waals surface area contributed by atoms with Gasteiger partial charge in [0.05, 0.1) is 6.54 Å². The highest BCUT2D eigenvalue weighted by molar-refractivity contribution is 5.94. The number of nitrogens with one attached hydrogen (secondary N) is 5. The van der Waals surface area contributed by atoms with Crippen LogP contribution in [0.25, 0.3) is 0 Å². The van der Waals surface area contributed by atoms with Crippen molar-refractivity contribution in [2.24, 2.45) is 17.8 Å². The summed E-state index contributed by atoms with van der Waals surface area (Å²) in [5.41, 5.74) is 1.55. The van der Waals surface area contributed by atoms with Crippen LogP contribution in [0.5, 0.6) is 0 Å². The molecule has 0 bridgehead atoms. The van der Waals surface area contributed by atoms with Gasteiger partial charge in [-0.3, -0.25) is 19.2 Å². The van der Waals surface area contributed by atoms with Gasteiger partial charge in [-0.15, -0.1) is 0 Å². The molecule has 0 aromatic heterocycles. The van der Waals surface area contributed by atoms with Gasteiger partial charge in [-0.1, -0.05) is 102 Å². The lowest BCUT2D eigenvalue weighted by atomic mass is 10.0. The molecule has 0 radical (unpaired) electrons. The first-order chi connectivity index (χ1) is 23.6. The summed E-state index contributed by atoms with van der Waals surface area (Å²) in [6, 6.07) is 13.9. The van der Waals surface area contributed by atoms with E-state index < -0.39 is 66.4 Å². The summed E-state index contributed by atoms with van der Waals surface area (Å²) in [5, 5.41) is 22.6. The van der Waals surface area contributed by atoms with Gasteiger partial charge >= 0.3 is 12.1 Å². The molecule has 13 heteroatoms. The minimum Gasteiger partial charge on any atom is -0.480 e. The Hall–Kier alpha value is -4.94. The van der Waals surface area contributed by atoms with Crippen molar-refractivity contribution < 1.29 is 38.6 Å². The quantitative estimate of drug-likeness (QED) is 0.122. The number of rotatable bonds is 20. The number of benzene rings is 2. The molecule has 0 saturated heterocycles. The highest BCUT2D eigenvalue weighted by Gasteiger charge is 2.30. The van der Waals surface area contributed by atoms with Gasteiger partial charge in [-0.2, -0.15) is 0 Å². The van der Waals surface area contributed by atoms with E-state index in [1.807, 2.05) is 90.1 Å². The molecule has 0 spiro atoms. The number of carbonyl (C=O) groups is 6. The summed E-state index contributed by atoms with van der Waals surface area (Å²) in [5.74, 6) is -3.71. The number of carbonyl (C=O) groups excluding carboxylic acids is 5. The van der Waals surface area contributed by atoms with Crippen LogP contribution in [0, 0.1) is 17.8 Å². The average Bonchev–Trinajstić information content (AvgIpc) is 3.05. The van der Waals surface area contributed by atoms with E-state index in [1.54, 1.807) is 12.1 Å². The molecular formula is C37H53N5O8. The third-order valence-electron chi connectivity index (χ3n) is 7.55. The Balaban J connectivity index is 2.10. The molecule has 2 aromatic rings. The molecule has 5 amide bonds. The second-order valence-electron chi connectivity index (χ2n) is 13.6. The summed E-state index contributed by atoms with van der Waals surface area (Å²) in [6.07, 6.45) is 0.0322. The van der Waals surface area contributed by atoms with Gasteiger partial charge in [0.25, 0.3) is 0 Å². The monoisotopic (exact) mass is 695 g/mol. The van der Waals surface area contributed by atoms with Gasteiger partial charge in [0.1, 0.15) is 30.8 Å². The van der Waals surface area contributed by atoms with Crippen molar-refractivity contribution in [3.05, 3.63) is 71.8 Å². The van der Waals surface area contributed by atoms with E-state index in [2.05, 4.69) is 26.6 Å². The van der Waals surface area contributed by atoms with E-state index in [0.717, 1.165) is 11.1 Å². The molecule has 2 aromatic carbocycles. The van der Waals surface area contributed by atoms with E-state index in [1.165, 1.54) is 0 Å². The first kappa shape index (κ1) is 41.2. The average molecular weight is 696 g/mol. The van der Waals surface area contributed by atoms with E-state index in [9.17, 15) is 33.9 Å². The molecule has 4 atom stereocenters. The summed E-state index contributed by atoms with van der Waals surface area (Å²) in [6.45, 7) is 10.7. The van der Waals surface area contributed by atoms with Gasteiger partial charge in [0.15, 0.2) is 0 Å². The van der Waals surface area contributed by atoms with Crippen molar-refractivity contribution in [1.82, 2.24) is 26.6 Å². The number of hydrogen-bond acceptors (Lipinski definition) is 7. The highest BCUT2D eigenvalue weighted by Crippen LogP contribution is 2.11. The number of ether oxygens (including phenoxy) is 1. The Morgan fingerprint density at radius 3 is 1.56 bits per heavy atom. The molecule has 0 aliphatic heterocycles. The van der Waals surface area contributed by atoms with E-state index in [4.69, 9.17) is 4.74 Å². The van der Waals surface area contributed by atoms with Crippen LogP contribution in [0.1, 0.15) is 71.9 Å². The van der Waals surface area contributed by atoms with Crippen molar-refractivity contribution in [1.29, 1.82) is 0 Å². The van der Waals surface area contributed by atoms with Crippen LogP contribution in [0.4, 0.5) is 4.79 Å². The van der Waals surface area contributed by atoms with E-state index >= 15 is 0 Å². The van der Waals surface area contributed by atoms with Crippen molar-refractivity contribution in [3.63, 3.8) is 0 Å². The van der Waals surface area contributed by atoms with Crippen LogP contribution in [-0.2, 0) is 41.7 Å². The maximum absolute atomic E-state index is 13.6. The van der Waals surface area contributed by atoms with Gasteiger partial charge in [0.2, 0.25) is 23.6 Å². The van der Waals surface area contributed by atoms with Gasteiger partial charge < -0.3 is 36.4 Å². The fourth-order valence-electron chi connectivity index (χ4n) is 5.15. The van der Waals surface area contributed by atoms with Crippen LogP contribution in [0.3, 0.4) is 0 Å². The van der Waals surface area contributed by atoms with Crippen LogP contribution in [-0.4, -0.2) is 71.5 Å². The number of carboxylic acids is 1. The fourth-order valence-corrected chi connectivity index (χ4v) is 5.15. The van der Waals surface area contributed by atoms with Gasteiger partial charge in [-0.05, 0) is 48.1 Å². The van der Waals surface area contributed by atoms with Gasteiger partial charge in [-0.25, -0.2) is 9.59 Å². The smallest absolute Gasteiger partial charge is 0.408 e. The predicted octanol–water partition coefficient (Wildman–Crippen LogP) is 3.32. The van der Waals surface area contributed by atoms with Crippen molar-refractivity contribution in [2.75, 3.05) is 6.54 Å². The van der Waals surface area contributed by atoms with E-state index in [0.29, 0.717) is 0 Å². The van der Waals surface area contributed by atoms with Crippen LogP contribution < -0.4 is 26.6 Å². The summed E-state index contributed by atoms with van der Waals surface area (Å²) in [4.78, 5) is 77.3. The highest BCUT2D eigenvalue weighted by atomic mass is 16.5. The molecule has 0 fully saturated rings. The maximum Gasteiger partial charge on any atom is 0.408 e. The maximum atomic E-state index is 13.6. The Bertz CT molecular complexity index is 1400. The lowest BCUT2D eigenvalue weighted by Crippen LogP contribution is -2.56. The molecule has 274 valence electrons. The van der Waals surface area contributed by atoms with E-state index in [-0.39, 0.29) is 50.0 Å². The molecule has 6 N–H and O–H groups in total. The Morgan fingerprint density at radius 1 is 0.580 bits per heavy atom. The molecular weight excluding hydrogens is 642 g/mol. The number of hydrogen-bond donors (Lipinski definition) is 6. The lowest BCUT2D eigenvalue weighted by Gasteiger charge is -2.25. The lowest BCUT2D eigenvalue weighted by molar-refractivity contribution is -0.142. The largest absolute Gasteiger partial charge is 0.480 e. The van der Waals surface area contributed by atoms with Crippen molar-refractivity contribution in [2.45, 2.75) is 98.0 Å². The Kier molecular flexibility index (Phi) is 17.5. The summed E-state index contributed by atoms with van der Waals surface area (Å²) in [7, 11) is 0. The van der Waals surface area contributed by atoms with Crippen molar-refractivity contribution >= 4 is 35.7 Å². The molecule has 0 heterocycles. The van der Waals surface area contributed by atoms with Crippen LogP contribution >= 0.6 is 0 Å². The predicted molar refractivity (Wildman–Crippen MR) is 188 cm³/mol. The molecule has 50 heavy (non-hydrogen) atoms. The zero-order valence-corrected chi connectivity index (χ0v) is 29.9. The number of alkyl carbamates (subject to hydrolysis) is 1. The molecule has 13 nitrogen and oxygen atoms in total. The molecule has 0 unspecified atom stereocenters. The second kappa shape index (κ2) is 21.2. The fraction of sp³-hybridized carbons (Fsp3) is 0.514. The number of aliphatic carboxylic acids is 1. The zero-order chi connectivity index (χ0) is 37.2. The SMILES string of the molecule is CC(C)C[C@H](NC(=O)[C@H](CC(C)C)NC(=O)CNC(=O)[C@H](CC(C)C)NC(=O)[C@H](Cc1ccccc1)NC(=O)OCc1ccccc1)C(=O)O. The third-order valence-corrected chi connectivity index (χ3v) is 7.55. The van der Waals surface area contributed by atoms with Crippen LogP contribution in [0.15, 0.2) is 60.7 Å². The molecule has 0 saturated carbocycles. The van der Waals surface area contributed by atoms with Crippen molar-refractivity contribution in [3.8, 4) is 0 Å². The zero-order valence-electron chi connectivity index (χ0n) is 29.9. The summed E-state index contributed by atoms with van der Waals surface area (Å²) < 4.78 is 5.34. The Morgan fingerprint density at radius 2 is 1.04 bits per heavy atom. The normalized spacial score (nSPS) is 13.5. The minimum atomic E-state index is -1.17. The molecule has 2 rings (SSSR count). The first-order valence-electron chi connectivity index (χ1n) is 17.1. The molecule has 0 aliphatic carbocycles. The number of carboxylic acid groups (broad SMARTS) is 1. The third kappa shape index (κ3) is 16.0. The van der Waals surface area contributed by atoms with Crippen LogP contribution in [0.2, 0.25) is 0 Å². The molecule has 0 aliphatic rings. The number of amides is 5. The second-order valence-corrected chi connectivity index (χ2v) is 13.6. The minimum absolute atomic E-state index is 0.00453. The topological polar surface area (TPSA) is 192 Å². The Labute approximate surface area is 294 Å². The van der Waals surface area contributed by atoms with Gasteiger partial charge in [0, 0.05) is 6.42 Å². The standard InChI is InChI=1S/C37H53N5O8/c1-23(2)17-28(33(44)38-21-32(43)39-29(18-24(3)4)34(45)41-31(36(47)48)19-25(5)6)40-35(46)30(20-26-13-9-7-10-14-26)42-37(49)50-22-27-15-11-8-12-16-27/h7-16,23-25,28-31H,17-22H2,1-6H3,(H,38,44)(H,39,43)(H,40,46)(H,41,45)(H,42,49)(H,47,48)/t28-,29-,30-,31-/m0/s1.